The molecule has 196 valence electrons. The molecule has 0 bridgehead atoms. The minimum atomic E-state index is -3.58. The number of halogens is 3. The minimum absolute atomic E-state index is 0.0537. The van der Waals surface area contributed by atoms with Gasteiger partial charge in [0.15, 0.2) is 15.5 Å². The molecule has 0 spiro atoms. The molecule has 1 fully saturated rings. The van der Waals surface area contributed by atoms with Gasteiger partial charge >= 0.3 is 0 Å². The second-order valence-electron chi connectivity index (χ2n) is 9.56. The Morgan fingerprint density at radius 2 is 1.78 bits per heavy atom. The molecule has 1 amide bonds. The van der Waals surface area contributed by atoms with Gasteiger partial charge in [-0.2, -0.15) is 5.10 Å². The number of sulfone groups is 1. The average molecular weight is 565 g/mol. The summed E-state index contributed by atoms with van der Waals surface area (Å²) in [4.78, 5) is 13.5. The third kappa shape index (κ3) is 5.85. The Morgan fingerprint density at radius 3 is 2.46 bits per heavy atom. The van der Waals surface area contributed by atoms with E-state index in [1.807, 2.05) is 5.01 Å². The van der Waals surface area contributed by atoms with Crippen LogP contribution in [0.15, 0.2) is 41.4 Å². The van der Waals surface area contributed by atoms with Gasteiger partial charge in [-0.05, 0) is 54.3 Å². The number of alkyl halides is 1. The van der Waals surface area contributed by atoms with Crippen molar-refractivity contribution in [2.75, 3.05) is 18.8 Å². The van der Waals surface area contributed by atoms with Crippen LogP contribution in [0.2, 0.25) is 0 Å². The third-order valence-corrected chi connectivity index (χ3v) is 8.83. The number of fused-ring (bicyclic) bond motifs is 1. The molecule has 2 aliphatic heterocycles. The van der Waals surface area contributed by atoms with Gasteiger partial charge in [-0.25, -0.2) is 22.5 Å². The van der Waals surface area contributed by atoms with Gasteiger partial charge in [-0.3, -0.25) is 10.2 Å². The molecule has 2 aromatic rings. The molecule has 1 aromatic carbocycles. The van der Waals surface area contributed by atoms with E-state index in [2.05, 4.69) is 10.5 Å². The SMILES string of the molecule is O=C(NN1CCCCCC1)c1nn(C2=CC=C(Cl)CC2Cl)c2c1CS(=O)(=O)C/C2=C\c1ccc(F)cc1. The summed E-state index contributed by atoms with van der Waals surface area (Å²) >= 11 is 12.8. The van der Waals surface area contributed by atoms with Gasteiger partial charge in [-0.1, -0.05) is 36.6 Å². The van der Waals surface area contributed by atoms with Crippen molar-refractivity contribution in [1.29, 1.82) is 0 Å². The maximum absolute atomic E-state index is 13.5. The molecule has 7 nitrogen and oxygen atoms in total. The fraction of sp³-hybridized carbons (Fsp3) is 0.385. The lowest BCUT2D eigenvalue weighted by Crippen LogP contribution is -2.43. The normalized spacial score (nSPS) is 23.1. The van der Waals surface area contributed by atoms with E-state index in [4.69, 9.17) is 23.2 Å². The van der Waals surface area contributed by atoms with Crippen molar-refractivity contribution in [2.45, 2.75) is 43.2 Å². The third-order valence-electron chi connectivity index (χ3n) is 6.69. The molecule has 1 aliphatic carbocycles. The lowest BCUT2D eigenvalue weighted by atomic mass is 10.0. The molecule has 1 N–H and O–H groups in total. The molecular weight excluding hydrogens is 538 g/mol. The number of carbonyl (C=O) groups is 1. The number of nitrogens with one attached hydrogen (secondary N) is 1. The fourth-order valence-electron chi connectivity index (χ4n) is 4.94. The standard InChI is InChI=1S/C26H27Cl2FN4O3S/c27-19-7-10-23(22(28)14-19)33-25-18(13-17-5-8-20(29)9-6-17)15-37(35,36)16-21(25)24(30-33)26(34)31-32-11-3-1-2-4-12-32/h5-10,13,22H,1-4,11-12,14-16H2,(H,31,34)/b18-13+. The summed E-state index contributed by atoms with van der Waals surface area (Å²) in [5.74, 6) is -1.40. The number of aromatic nitrogens is 2. The van der Waals surface area contributed by atoms with Crippen LogP contribution in [0.1, 0.15) is 59.4 Å². The van der Waals surface area contributed by atoms with Gasteiger partial charge < -0.3 is 0 Å². The second-order valence-corrected chi connectivity index (χ2v) is 12.6. The van der Waals surface area contributed by atoms with E-state index in [1.165, 1.54) is 12.1 Å². The highest BCUT2D eigenvalue weighted by Crippen LogP contribution is 2.38. The van der Waals surface area contributed by atoms with Crippen molar-refractivity contribution in [3.63, 3.8) is 0 Å². The van der Waals surface area contributed by atoms with Crippen molar-refractivity contribution in [3.8, 4) is 0 Å². The first-order chi connectivity index (χ1) is 17.7. The number of hydrazine groups is 1. The van der Waals surface area contributed by atoms with E-state index in [0.29, 0.717) is 39.5 Å². The summed E-state index contributed by atoms with van der Waals surface area (Å²) in [6, 6.07) is 5.77. The maximum atomic E-state index is 13.5. The lowest BCUT2D eigenvalue weighted by molar-refractivity contribution is 0.0788. The van der Waals surface area contributed by atoms with E-state index in [-0.39, 0.29) is 17.2 Å². The number of hydrogen-bond acceptors (Lipinski definition) is 5. The molecule has 3 heterocycles. The van der Waals surface area contributed by atoms with Crippen molar-refractivity contribution in [1.82, 2.24) is 20.2 Å². The highest BCUT2D eigenvalue weighted by molar-refractivity contribution is 7.91. The Bertz CT molecular complexity index is 1410. The molecule has 11 heteroatoms. The van der Waals surface area contributed by atoms with Gasteiger partial charge in [0.1, 0.15) is 5.82 Å². The van der Waals surface area contributed by atoms with Gasteiger partial charge in [0.25, 0.3) is 5.91 Å². The summed E-state index contributed by atoms with van der Waals surface area (Å²) < 4.78 is 41.1. The molecule has 1 saturated heterocycles. The van der Waals surface area contributed by atoms with Crippen LogP contribution in [0.4, 0.5) is 4.39 Å². The first-order valence-electron chi connectivity index (χ1n) is 12.3. The number of nitrogens with zero attached hydrogens (tertiary/aromatic N) is 3. The zero-order valence-corrected chi connectivity index (χ0v) is 22.4. The Morgan fingerprint density at radius 1 is 1.08 bits per heavy atom. The molecular formula is C26H27Cl2FN4O3S. The lowest BCUT2D eigenvalue weighted by Gasteiger charge is -2.23. The maximum Gasteiger partial charge on any atom is 0.286 e. The van der Waals surface area contributed by atoms with E-state index in [9.17, 15) is 17.6 Å². The number of benzene rings is 1. The van der Waals surface area contributed by atoms with E-state index < -0.39 is 26.9 Å². The van der Waals surface area contributed by atoms with Crippen molar-refractivity contribution >= 4 is 56.3 Å². The highest BCUT2D eigenvalue weighted by Gasteiger charge is 2.36. The van der Waals surface area contributed by atoms with Gasteiger partial charge in [-0.15, -0.1) is 11.6 Å². The van der Waals surface area contributed by atoms with Gasteiger partial charge in [0.2, 0.25) is 0 Å². The predicted octanol–water partition coefficient (Wildman–Crippen LogP) is 4.99. The molecule has 37 heavy (non-hydrogen) atoms. The topological polar surface area (TPSA) is 84.3 Å². The Labute approximate surface area is 225 Å². The Kier molecular flexibility index (Phi) is 7.58. The molecule has 5 rings (SSSR count). The predicted molar refractivity (Wildman–Crippen MR) is 144 cm³/mol. The Balaban J connectivity index is 1.64. The molecule has 1 atom stereocenters. The van der Waals surface area contributed by atoms with Crippen LogP contribution in [-0.2, 0) is 15.6 Å². The summed E-state index contributed by atoms with van der Waals surface area (Å²) in [5.41, 5.74) is 5.52. The number of allylic oxidation sites excluding steroid dienone is 4. The number of carbonyl (C=O) groups excluding carboxylic acids is 1. The molecule has 3 aliphatic rings. The monoisotopic (exact) mass is 564 g/mol. The van der Waals surface area contributed by atoms with E-state index in [0.717, 1.165) is 38.8 Å². The van der Waals surface area contributed by atoms with Crippen LogP contribution in [0.3, 0.4) is 0 Å². The van der Waals surface area contributed by atoms with Crippen LogP contribution < -0.4 is 5.43 Å². The van der Waals surface area contributed by atoms with Crippen LogP contribution in [0, 0.1) is 5.82 Å². The summed E-state index contributed by atoms with van der Waals surface area (Å²) in [6.07, 6.45) is 9.70. The van der Waals surface area contributed by atoms with E-state index >= 15 is 0 Å². The fourth-order valence-corrected chi connectivity index (χ4v) is 7.08. The van der Waals surface area contributed by atoms with Crippen molar-refractivity contribution in [3.05, 3.63) is 69.8 Å². The van der Waals surface area contributed by atoms with E-state index in [1.54, 1.807) is 35.0 Å². The van der Waals surface area contributed by atoms with Crippen LogP contribution in [0.5, 0.6) is 0 Å². The van der Waals surface area contributed by atoms with Gasteiger partial charge in [0, 0.05) is 30.1 Å². The van der Waals surface area contributed by atoms with Crippen molar-refractivity contribution < 1.29 is 17.6 Å². The first kappa shape index (κ1) is 26.2. The summed E-state index contributed by atoms with van der Waals surface area (Å²) in [7, 11) is -3.58. The molecule has 1 unspecified atom stereocenters. The van der Waals surface area contributed by atoms with Crippen LogP contribution in [-0.4, -0.2) is 53.3 Å². The van der Waals surface area contributed by atoms with Crippen LogP contribution in [0.25, 0.3) is 17.3 Å². The molecule has 0 saturated carbocycles. The zero-order chi connectivity index (χ0) is 26.2. The van der Waals surface area contributed by atoms with Crippen molar-refractivity contribution in [2.24, 2.45) is 0 Å². The highest BCUT2D eigenvalue weighted by atomic mass is 35.5. The quantitative estimate of drug-likeness (QED) is 0.529. The summed E-state index contributed by atoms with van der Waals surface area (Å²) in [5, 5.41) is 6.59. The average Bonchev–Trinajstić information content (AvgIpc) is 3.01. The number of rotatable bonds is 4. The van der Waals surface area contributed by atoms with Gasteiger partial charge in [0.05, 0.1) is 28.3 Å². The minimum Gasteiger partial charge on any atom is -0.283 e. The smallest absolute Gasteiger partial charge is 0.283 e. The molecule has 0 radical (unpaired) electrons. The van der Waals surface area contributed by atoms with Crippen LogP contribution >= 0.6 is 23.2 Å². The Hall–Kier alpha value is -2.46. The first-order valence-corrected chi connectivity index (χ1v) is 14.9. The second kappa shape index (κ2) is 10.7. The zero-order valence-electron chi connectivity index (χ0n) is 20.1. The number of hydrogen-bond donors (Lipinski definition) is 1. The number of amides is 1. The largest absolute Gasteiger partial charge is 0.286 e. The summed E-state index contributed by atoms with van der Waals surface area (Å²) in [6.45, 7) is 1.45. The molecule has 1 aromatic heterocycles.